The van der Waals surface area contributed by atoms with Crippen molar-refractivity contribution in [3.63, 3.8) is 0 Å². The summed E-state index contributed by atoms with van der Waals surface area (Å²) in [5.41, 5.74) is 5.35. The number of nitrogens with one attached hydrogen (secondary N) is 2. The van der Waals surface area contributed by atoms with Crippen molar-refractivity contribution in [1.82, 2.24) is 15.3 Å². The number of rotatable bonds is 5. The van der Waals surface area contributed by atoms with E-state index in [0.717, 1.165) is 6.42 Å². The highest BCUT2D eigenvalue weighted by Crippen LogP contribution is 1.93. The molecule has 0 aliphatic heterocycles. The van der Waals surface area contributed by atoms with Crippen LogP contribution in [-0.2, 0) is 0 Å². The highest BCUT2D eigenvalue weighted by Gasteiger charge is 1.92. The quantitative estimate of drug-likeness (QED) is 0.205. The molecule has 0 saturated carbocycles. The zero-order valence-electron chi connectivity index (χ0n) is 8.72. The van der Waals surface area contributed by atoms with Crippen LogP contribution in [0.1, 0.15) is 6.42 Å². The Morgan fingerprint density at radius 2 is 2.25 bits per heavy atom. The Hall–Kier alpha value is -2.36. The molecule has 0 aromatic carbocycles. The van der Waals surface area contributed by atoms with Crippen LogP contribution in [-0.4, -0.2) is 29.0 Å². The lowest BCUT2D eigenvalue weighted by molar-refractivity contribution is 0.858. The summed E-state index contributed by atoms with van der Waals surface area (Å²) < 4.78 is 0. The molecule has 0 amide bonds. The fourth-order valence-corrected chi connectivity index (χ4v) is 0.966. The highest BCUT2D eigenvalue weighted by molar-refractivity contribution is 5.79. The lowest BCUT2D eigenvalue weighted by Gasteiger charge is -2.02. The summed E-state index contributed by atoms with van der Waals surface area (Å²) in [6.45, 7) is 1.24. The van der Waals surface area contributed by atoms with Gasteiger partial charge in [-0.05, 0) is 12.5 Å². The van der Waals surface area contributed by atoms with Gasteiger partial charge in [-0.3, -0.25) is 10.3 Å². The van der Waals surface area contributed by atoms with E-state index in [1.54, 1.807) is 24.7 Å². The van der Waals surface area contributed by atoms with Crippen LogP contribution in [0.25, 0.3) is 0 Å². The summed E-state index contributed by atoms with van der Waals surface area (Å²) in [6, 6.07) is 1.75. The van der Waals surface area contributed by atoms with Crippen LogP contribution in [0.5, 0.6) is 0 Å². The maximum Gasteiger partial charge on any atom is 0.222 e. The van der Waals surface area contributed by atoms with Crippen LogP contribution in [0.3, 0.4) is 0 Å². The Bertz CT molecular complexity index is 367. The van der Waals surface area contributed by atoms with Crippen LogP contribution in [0.2, 0.25) is 0 Å². The zero-order chi connectivity index (χ0) is 11.6. The molecule has 16 heavy (non-hydrogen) atoms. The monoisotopic (exact) mass is 219 g/mol. The van der Waals surface area contributed by atoms with Crippen molar-refractivity contribution in [2.75, 3.05) is 18.4 Å². The fourth-order valence-electron chi connectivity index (χ4n) is 0.966. The van der Waals surface area contributed by atoms with Gasteiger partial charge in [0.1, 0.15) is 0 Å². The number of anilines is 1. The van der Waals surface area contributed by atoms with Crippen LogP contribution < -0.4 is 16.4 Å². The summed E-state index contributed by atoms with van der Waals surface area (Å²) in [6.07, 6.45) is 5.81. The summed E-state index contributed by atoms with van der Waals surface area (Å²) in [5, 5.41) is 13.5. The second-order valence-corrected chi connectivity index (χ2v) is 2.86. The number of nitrogens with zero attached hydrogens (tertiary/aromatic N) is 4. The van der Waals surface area contributed by atoms with Crippen molar-refractivity contribution in [2.24, 2.45) is 10.7 Å². The minimum absolute atomic E-state index is 0.137. The molecule has 0 saturated heterocycles. The molecule has 1 aromatic heterocycles. The number of aromatic nitrogens is 2. The van der Waals surface area contributed by atoms with Crippen molar-refractivity contribution in [3.05, 3.63) is 18.5 Å². The second kappa shape index (κ2) is 7.00. The van der Waals surface area contributed by atoms with Crippen molar-refractivity contribution < 1.29 is 0 Å². The first-order chi connectivity index (χ1) is 7.83. The van der Waals surface area contributed by atoms with Gasteiger partial charge in [-0.25, -0.2) is 9.97 Å². The van der Waals surface area contributed by atoms with E-state index in [1.807, 2.05) is 0 Å². The van der Waals surface area contributed by atoms with E-state index in [0.29, 0.717) is 19.0 Å². The smallest absolute Gasteiger partial charge is 0.222 e. The molecule has 0 atom stereocenters. The predicted molar refractivity (Wildman–Crippen MR) is 60.4 cm³/mol. The molecule has 4 N–H and O–H groups in total. The Morgan fingerprint density at radius 3 is 2.94 bits per heavy atom. The van der Waals surface area contributed by atoms with Gasteiger partial charge in [0, 0.05) is 25.5 Å². The van der Waals surface area contributed by atoms with Crippen molar-refractivity contribution in [2.45, 2.75) is 6.42 Å². The first-order valence-electron chi connectivity index (χ1n) is 4.79. The van der Waals surface area contributed by atoms with Gasteiger partial charge in [0.05, 0.1) is 0 Å². The van der Waals surface area contributed by atoms with E-state index in [4.69, 9.17) is 11.0 Å². The second-order valence-electron chi connectivity index (χ2n) is 2.86. The summed E-state index contributed by atoms with van der Waals surface area (Å²) in [7, 11) is 0. The van der Waals surface area contributed by atoms with Gasteiger partial charge in [-0.1, -0.05) is 0 Å². The minimum Gasteiger partial charge on any atom is -0.369 e. The van der Waals surface area contributed by atoms with E-state index in [-0.39, 0.29) is 5.96 Å². The van der Waals surface area contributed by atoms with Crippen molar-refractivity contribution in [3.8, 4) is 6.19 Å². The van der Waals surface area contributed by atoms with E-state index in [9.17, 15) is 0 Å². The van der Waals surface area contributed by atoms with Gasteiger partial charge in [0.2, 0.25) is 11.9 Å². The Labute approximate surface area is 93.4 Å². The molecule has 7 heteroatoms. The van der Waals surface area contributed by atoms with Crippen LogP contribution in [0, 0.1) is 11.5 Å². The zero-order valence-corrected chi connectivity index (χ0v) is 8.72. The molecule has 0 aliphatic carbocycles. The molecule has 0 unspecified atom stereocenters. The molecule has 0 radical (unpaired) electrons. The van der Waals surface area contributed by atoms with Crippen LogP contribution >= 0.6 is 0 Å². The number of nitriles is 1. The third-order valence-electron chi connectivity index (χ3n) is 1.65. The largest absolute Gasteiger partial charge is 0.369 e. The summed E-state index contributed by atoms with van der Waals surface area (Å²) in [4.78, 5) is 11.9. The maximum absolute atomic E-state index is 8.24. The van der Waals surface area contributed by atoms with Gasteiger partial charge in [-0.2, -0.15) is 5.26 Å². The predicted octanol–water partition coefficient (Wildman–Crippen LogP) is -0.336. The van der Waals surface area contributed by atoms with Crippen LogP contribution in [0.15, 0.2) is 23.5 Å². The topological polar surface area (TPSA) is 112 Å². The number of aliphatic imine (C=N–C) groups is 1. The van der Waals surface area contributed by atoms with Gasteiger partial charge in [0.15, 0.2) is 6.19 Å². The number of hydrogen-bond donors (Lipinski definition) is 3. The Morgan fingerprint density at radius 1 is 1.50 bits per heavy atom. The van der Waals surface area contributed by atoms with Gasteiger partial charge < -0.3 is 11.1 Å². The lowest BCUT2D eigenvalue weighted by atomic mass is 10.4. The van der Waals surface area contributed by atoms with E-state index >= 15 is 0 Å². The fraction of sp³-hybridized carbons (Fsp3) is 0.333. The third kappa shape index (κ3) is 4.76. The first-order valence-corrected chi connectivity index (χ1v) is 4.79. The number of hydrogen-bond acceptors (Lipinski definition) is 5. The minimum atomic E-state index is 0.137. The number of nitrogens with two attached hydrogens (primary N) is 1. The van der Waals surface area contributed by atoms with Crippen LogP contribution in [0.4, 0.5) is 5.95 Å². The average Bonchev–Trinajstić information content (AvgIpc) is 2.30. The number of guanidine groups is 1. The third-order valence-corrected chi connectivity index (χ3v) is 1.65. The average molecular weight is 219 g/mol. The van der Waals surface area contributed by atoms with Gasteiger partial charge in [-0.15, -0.1) is 0 Å². The summed E-state index contributed by atoms with van der Waals surface area (Å²) >= 11 is 0. The SMILES string of the molecule is N#CNC(N)=NCCCNc1ncccn1. The lowest BCUT2D eigenvalue weighted by Crippen LogP contribution is -2.27. The first kappa shape index (κ1) is 11.7. The molecule has 0 fully saturated rings. The van der Waals surface area contributed by atoms with E-state index < -0.39 is 0 Å². The van der Waals surface area contributed by atoms with Crippen molar-refractivity contribution >= 4 is 11.9 Å². The molecule has 1 rings (SSSR count). The van der Waals surface area contributed by atoms with E-state index in [2.05, 4.69) is 25.6 Å². The highest BCUT2D eigenvalue weighted by atomic mass is 15.1. The van der Waals surface area contributed by atoms with Gasteiger partial charge in [0.25, 0.3) is 0 Å². The van der Waals surface area contributed by atoms with E-state index in [1.165, 1.54) is 0 Å². The Kier molecular flexibility index (Phi) is 5.13. The molecule has 7 nitrogen and oxygen atoms in total. The normalized spacial score (nSPS) is 10.6. The molecule has 1 heterocycles. The molecule has 0 aliphatic rings. The molecular formula is C9H13N7. The van der Waals surface area contributed by atoms with Gasteiger partial charge >= 0.3 is 0 Å². The Balaban J connectivity index is 2.13. The summed E-state index contributed by atoms with van der Waals surface area (Å²) in [5.74, 6) is 0.730. The molecule has 0 spiro atoms. The molecule has 0 bridgehead atoms. The standard InChI is InChI=1S/C9H13N7/c10-7-16-8(11)12-3-1-4-13-9-14-5-2-6-15-9/h2,5-6H,1,3-4H2,(H3,11,12,16)(H,13,14,15). The molecule has 84 valence electrons. The molecular weight excluding hydrogens is 206 g/mol. The maximum atomic E-state index is 8.24. The van der Waals surface area contributed by atoms with Crippen molar-refractivity contribution in [1.29, 1.82) is 5.26 Å². The molecule has 1 aromatic rings.